The molecule has 1 heterocycles. The summed E-state index contributed by atoms with van der Waals surface area (Å²) in [4.78, 5) is 28.5. The van der Waals surface area contributed by atoms with Gasteiger partial charge < -0.3 is 5.32 Å². The van der Waals surface area contributed by atoms with Gasteiger partial charge >= 0.3 is 0 Å². The first-order valence-electron chi connectivity index (χ1n) is 7.88. The molecular weight excluding hydrogens is 353 g/mol. The molecule has 0 saturated carbocycles. The van der Waals surface area contributed by atoms with Crippen LogP contribution in [0.4, 0.5) is 15.2 Å². The van der Waals surface area contributed by atoms with E-state index in [0.717, 1.165) is 11.3 Å². The maximum absolute atomic E-state index is 12.9. The van der Waals surface area contributed by atoms with Crippen LogP contribution >= 0.6 is 11.3 Å². The van der Waals surface area contributed by atoms with Crippen LogP contribution in [-0.2, 0) is 11.2 Å². The van der Waals surface area contributed by atoms with Gasteiger partial charge in [0.1, 0.15) is 5.82 Å². The number of nitrogens with one attached hydrogen (secondary N) is 2. The standard InChI is InChI=1S/C19H16FN3O2S/c1-12-4-2-3-5-16(12)22-17(24)10-15-11-26-19(21-15)23-18(25)13-6-8-14(20)9-7-13/h2-9,11H,10H2,1H3,(H,22,24)(H,21,23,25). The fourth-order valence-corrected chi connectivity index (χ4v) is 2.99. The van der Waals surface area contributed by atoms with Crippen molar-refractivity contribution >= 4 is 34.0 Å². The number of carbonyl (C=O) groups excluding carboxylic acids is 2. The van der Waals surface area contributed by atoms with Gasteiger partial charge in [-0.05, 0) is 42.8 Å². The summed E-state index contributed by atoms with van der Waals surface area (Å²) in [6.07, 6.45) is 0.108. The van der Waals surface area contributed by atoms with Gasteiger partial charge in [-0.1, -0.05) is 18.2 Å². The summed E-state index contributed by atoms with van der Waals surface area (Å²) in [6, 6.07) is 12.8. The van der Waals surface area contributed by atoms with Gasteiger partial charge in [0.05, 0.1) is 12.1 Å². The lowest BCUT2D eigenvalue weighted by atomic mass is 10.2. The molecule has 0 bridgehead atoms. The molecule has 0 fully saturated rings. The molecule has 2 amide bonds. The second-order valence-electron chi connectivity index (χ2n) is 5.64. The minimum Gasteiger partial charge on any atom is -0.326 e. The van der Waals surface area contributed by atoms with Crippen LogP contribution in [0.2, 0.25) is 0 Å². The Bertz CT molecular complexity index is 938. The highest BCUT2D eigenvalue weighted by molar-refractivity contribution is 7.14. The fraction of sp³-hybridized carbons (Fsp3) is 0.105. The van der Waals surface area contributed by atoms with Crippen molar-refractivity contribution in [3.63, 3.8) is 0 Å². The Balaban J connectivity index is 1.59. The lowest BCUT2D eigenvalue weighted by Gasteiger charge is -2.06. The van der Waals surface area contributed by atoms with Crippen LogP contribution in [0.1, 0.15) is 21.6 Å². The van der Waals surface area contributed by atoms with E-state index in [1.165, 1.54) is 35.6 Å². The van der Waals surface area contributed by atoms with E-state index in [2.05, 4.69) is 15.6 Å². The predicted octanol–water partition coefficient (Wildman–Crippen LogP) is 4.02. The zero-order valence-corrected chi connectivity index (χ0v) is 14.8. The quantitative estimate of drug-likeness (QED) is 0.713. The van der Waals surface area contributed by atoms with Crippen LogP contribution in [0.5, 0.6) is 0 Å². The van der Waals surface area contributed by atoms with Crippen LogP contribution in [0.25, 0.3) is 0 Å². The number of rotatable bonds is 5. The average Bonchev–Trinajstić information content (AvgIpc) is 3.04. The first-order chi connectivity index (χ1) is 12.5. The second-order valence-corrected chi connectivity index (χ2v) is 6.50. The molecule has 26 heavy (non-hydrogen) atoms. The number of amides is 2. The first kappa shape index (κ1) is 17.8. The smallest absolute Gasteiger partial charge is 0.257 e. The normalized spacial score (nSPS) is 10.4. The summed E-state index contributed by atoms with van der Waals surface area (Å²) in [5, 5.41) is 7.59. The van der Waals surface area contributed by atoms with E-state index in [9.17, 15) is 14.0 Å². The van der Waals surface area contributed by atoms with E-state index in [1.807, 2.05) is 31.2 Å². The lowest BCUT2D eigenvalue weighted by molar-refractivity contribution is -0.115. The number of hydrogen-bond donors (Lipinski definition) is 2. The predicted molar refractivity (Wildman–Crippen MR) is 100.0 cm³/mol. The minimum atomic E-state index is -0.405. The highest BCUT2D eigenvalue weighted by Crippen LogP contribution is 2.18. The Kier molecular flexibility index (Phi) is 5.38. The SMILES string of the molecule is Cc1ccccc1NC(=O)Cc1csc(NC(=O)c2ccc(F)cc2)n1. The number of aryl methyl sites for hydroxylation is 1. The third kappa shape index (κ3) is 4.52. The van der Waals surface area contributed by atoms with Crippen molar-refractivity contribution in [2.75, 3.05) is 10.6 Å². The van der Waals surface area contributed by atoms with E-state index >= 15 is 0 Å². The first-order valence-corrected chi connectivity index (χ1v) is 8.76. The molecule has 2 aromatic carbocycles. The Labute approximate surface area is 153 Å². The van der Waals surface area contributed by atoms with Crippen molar-refractivity contribution in [2.45, 2.75) is 13.3 Å². The van der Waals surface area contributed by atoms with Crippen LogP contribution in [0.15, 0.2) is 53.9 Å². The highest BCUT2D eigenvalue weighted by Gasteiger charge is 2.12. The summed E-state index contributed by atoms with van der Waals surface area (Å²) in [5.41, 5.74) is 2.64. The minimum absolute atomic E-state index is 0.108. The summed E-state index contributed by atoms with van der Waals surface area (Å²) in [6.45, 7) is 1.92. The number of benzene rings is 2. The van der Waals surface area contributed by atoms with Crippen molar-refractivity contribution in [3.8, 4) is 0 Å². The Morgan fingerprint density at radius 2 is 1.81 bits per heavy atom. The molecule has 0 aliphatic carbocycles. The van der Waals surface area contributed by atoms with Crippen molar-refractivity contribution in [3.05, 3.63) is 76.5 Å². The molecular formula is C19H16FN3O2S. The number of para-hydroxylation sites is 1. The molecule has 132 valence electrons. The molecule has 0 radical (unpaired) electrons. The van der Waals surface area contributed by atoms with Crippen LogP contribution in [0, 0.1) is 12.7 Å². The highest BCUT2D eigenvalue weighted by atomic mass is 32.1. The molecule has 3 rings (SSSR count). The van der Waals surface area contributed by atoms with Gasteiger partial charge in [0.25, 0.3) is 5.91 Å². The summed E-state index contributed by atoms with van der Waals surface area (Å²) in [5.74, 6) is -0.964. The molecule has 0 saturated heterocycles. The maximum Gasteiger partial charge on any atom is 0.257 e. The topological polar surface area (TPSA) is 71.1 Å². The number of anilines is 2. The van der Waals surface area contributed by atoms with Crippen LogP contribution in [-0.4, -0.2) is 16.8 Å². The number of nitrogens with zero attached hydrogens (tertiary/aromatic N) is 1. The maximum atomic E-state index is 12.9. The van der Waals surface area contributed by atoms with Gasteiger partial charge in [0.2, 0.25) is 5.91 Å². The zero-order valence-electron chi connectivity index (χ0n) is 14.0. The van der Waals surface area contributed by atoms with E-state index in [4.69, 9.17) is 0 Å². The van der Waals surface area contributed by atoms with Crippen molar-refractivity contribution in [2.24, 2.45) is 0 Å². The van der Waals surface area contributed by atoms with Crippen molar-refractivity contribution in [1.82, 2.24) is 4.98 Å². The van der Waals surface area contributed by atoms with E-state index < -0.39 is 5.82 Å². The third-order valence-electron chi connectivity index (χ3n) is 3.64. The van der Waals surface area contributed by atoms with Gasteiger partial charge in [-0.15, -0.1) is 11.3 Å². The summed E-state index contributed by atoms with van der Waals surface area (Å²) >= 11 is 1.23. The van der Waals surface area contributed by atoms with Gasteiger partial charge in [-0.3, -0.25) is 14.9 Å². The number of aromatic nitrogens is 1. The molecule has 3 aromatic rings. The van der Waals surface area contributed by atoms with Gasteiger partial charge in [-0.25, -0.2) is 9.37 Å². The Hall–Kier alpha value is -3.06. The van der Waals surface area contributed by atoms with Gasteiger partial charge in [0, 0.05) is 16.6 Å². The Morgan fingerprint density at radius 3 is 2.54 bits per heavy atom. The molecule has 7 heteroatoms. The second kappa shape index (κ2) is 7.88. The van der Waals surface area contributed by atoms with Crippen LogP contribution in [0.3, 0.4) is 0 Å². The molecule has 1 aromatic heterocycles. The number of thiazole rings is 1. The van der Waals surface area contributed by atoms with E-state index in [-0.39, 0.29) is 18.2 Å². The van der Waals surface area contributed by atoms with Gasteiger partial charge in [-0.2, -0.15) is 0 Å². The Morgan fingerprint density at radius 1 is 1.08 bits per heavy atom. The summed E-state index contributed by atoms with van der Waals surface area (Å²) in [7, 11) is 0. The van der Waals surface area contributed by atoms with Crippen LogP contribution < -0.4 is 10.6 Å². The van der Waals surface area contributed by atoms with Gasteiger partial charge in [0.15, 0.2) is 5.13 Å². The molecule has 5 nitrogen and oxygen atoms in total. The zero-order chi connectivity index (χ0) is 18.5. The van der Waals surface area contributed by atoms with E-state index in [1.54, 1.807) is 5.38 Å². The fourth-order valence-electron chi connectivity index (χ4n) is 2.29. The molecule has 0 aliphatic rings. The third-order valence-corrected chi connectivity index (χ3v) is 4.45. The number of halogens is 1. The van der Waals surface area contributed by atoms with E-state index in [0.29, 0.717) is 16.4 Å². The largest absolute Gasteiger partial charge is 0.326 e. The van der Waals surface area contributed by atoms with Crippen molar-refractivity contribution in [1.29, 1.82) is 0 Å². The molecule has 0 aliphatic heterocycles. The molecule has 0 atom stereocenters. The number of carbonyl (C=O) groups is 2. The number of hydrogen-bond acceptors (Lipinski definition) is 4. The molecule has 2 N–H and O–H groups in total. The molecule has 0 unspecified atom stereocenters. The summed E-state index contributed by atoms with van der Waals surface area (Å²) < 4.78 is 12.9. The molecule has 0 spiro atoms. The average molecular weight is 369 g/mol. The lowest BCUT2D eigenvalue weighted by Crippen LogP contribution is -2.15. The monoisotopic (exact) mass is 369 g/mol. The van der Waals surface area contributed by atoms with Crippen molar-refractivity contribution < 1.29 is 14.0 Å².